The fourth-order valence-electron chi connectivity index (χ4n) is 2.95. The maximum Gasteiger partial charge on any atom is 0.295 e. The summed E-state index contributed by atoms with van der Waals surface area (Å²) in [5.41, 5.74) is 2.55. The van der Waals surface area contributed by atoms with Gasteiger partial charge in [0.15, 0.2) is 5.82 Å². The molecule has 8 heteroatoms. The second kappa shape index (κ2) is 8.26. The van der Waals surface area contributed by atoms with Crippen molar-refractivity contribution < 1.29 is 9.18 Å². The lowest BCUT2D eigenvalue weighted by Crippen LogP contribution is -2.14. The van der Waals surface area contributed by atoms with E-state index < -0.39 is 11.7 Å². The Morgan fingerprint density at radius 1 is 1.00 bits per heavy atom. The summed E-state index contributed by atoms with van der Waals surface area (Å²) >= 11 is 12.3. The van der Waals surface area contributed by atoms with Crippen LogP contribution in [0, 0.1) is 12.7 Å². The Kier molecular flexibility index (Phi) is 5.53. The third kappa shape index (κ3) is 4.20. The average molecular weight is 441 g/mol. The van der Waals surface area contributed by atoms with Crippen molar-refractivity contribution in [3.05, 3.63) is 94.0 Å². The molecule has 0 spiro atoms. The van der Waals surface area contributed by atoms with E-state index in [1.54, 1.807) is 41.1 Å². The lowest BCUT2D eigenvalue weighted by Gasteiger charge is -2.09. The monoisotopic (exact) mass is 440 g/mol. The highest BCUT2D eigenvalue weighted by Gasteiger charge is 2.20. The Bertz CT molecular complexity index is 1260. The van der Waals surface area contributed by atoms with Gasteiger partial charge in [0.25, 0.3) is 5.91 Å². The smallest absolute Gasteiger partial charge is 0.295 e. The summed E-state index contributed by atoms with van der Waals surface area (Å²) < 4.78 is 15.0. The largest absolute Gasteiger partial charge is 0.319 e. The number of aryl methyl sites for hydroxylation is 1. The summed E-state index contributed by atoms with van der Waals surface area (Å²) in [7, 11) is 0. The van der Waals surface area contributed by atoms with E-state index >= 15 is 0 Å². The van der Waals surface area contributed by atoms with Gasteiger partial charge in [0.2, 0.25) is 5.82 Å². The van der Waals surface area contributed by atoms with E-state index in [9.17, 15) is 9.18 Å². The highest BCUT2D eigenvalue weighted by molar-refractivity contribution is 6.31. The summed E-state index contributed by atoms with van der Waals surface area (Å²) in [5, 5.41) is 8.06. The lowest BCUT2D eigenvalue weighted by molar-refractivity contribution is 0.101. The molecule has 4 aromatic rings. The molecule has 0 bridgehead atoms. The number of carbonyl (C=O) groups is 1. The van der Waals surface area contributed by atoms with E-state index in [2.05, 4.69) is 15.4 Å². The number of carbonyl (C=O) groups excluding carboxylic acids is 1. The molecule has 0 saturated carbocycles. The van der Waals surface area contributed by atoms with Gasteiger partial charge in [-0.1, -0.05) is 47.5 Å². The van der Waals surface area contributed by atoms with Crippen LogP contribution in [0.4, 0.5) is 10.1 Å². The molecule has 30 heavy (non-hydrogen) atoms. The third-order valence-corrected chi connectivity index (χ3v) is 4.85. The molecular formula is C22H15Cl2FN4O. The fourth-order valence-corrected chi connectivity index (χ4v) is 3.31. The molecule has 0 unspecified atom stereocenters. The summed E-state index contributed by atoms with van der Waals surface area (Å²) in [4.78, 5) is 17.2. The minimum Gasteiger partial charge on any atom is -0.319 e. The van der Waals surface area contributed by atoms with Gasteiger partial charge in [0.1, 0.15) is 5.82 Å². The quantitative estimate of drug-likeness (QED) is 0.426. The summed E-state index contributed by atoms with van der Waals surface area (Å²) in [6.07, 6.45) is 0. The van der Waals surface area contributed by atoms with Crippen LogP contribution in [0.5, 0.6) is 0 Å². The van der Waals surface area contributed by atoms with Crippen LogP contribution in [0.1, 0.15) is 16.2 Å². The predicted octanol–water partition coefficient (Wildman–Crippen LogP) is 5.94. The van der Waals surface area contributed by atoms with Crippen molar-refractivity contribution in [1.82, 2.24) is 14.8 Å². The maximum atomic E-state index is 13.4. The van der Waals surface area contributed by atoms with Gasteiger partial charge in [-0.3, -0.25) is 4.79 Å². The van der Waals surface area contributed by atoms with Crippen molar-refractivity contribution in [1.29, 1.82) is 0 Å². The Morgan fingerprint density at radius 3 is 2.53 bits per heavy atom. The summed E-state index contributed by atoms with van der Waals surface area (Å²) in [5.74, 6) is -0.677. The minimum absolute atomic E-state index is 0.0754. The normalized spacial score (nSPS) is 10.8. The molecule has 0 aliphatic carbocycles. The second-order valence-corrected chi connectivity index (χ2v) is 7.45. The topological polar surface area (TPSA) is 59.8 Å². The Hall–Kier alpha value is -3.22. The van der Waals surface area contributed by atoms with Crippen molar-refractivity contribution in [3.63, 3.8) is 0 Å². The van der Waals surface area contributed by atoms with E-state index in [0.29, 0.717) is 32.8 Å². The highest BCUT2D eigenvalue weighted by Crippen LogP contribution is 2.27. The molecule has 3 aromatic carbocycles. The molecule has 1 amide bonds. The first-order chi connectivity index (χ1) is 14.4. The Balaban J connectivity index is 1.81. The van der Waals surface area contributed by atoms with Crippen molar-refractivity contribution in [3.8, 4) is 17.1 Å². The van der Waals surface area contributed by atoms with E-state index in [4.69, 9.17) is 23.2 Å². The third-order valence-electron chi connectivity index (χ3n) is 4.37. The van der Waals surface area contributed by atoms with E-state index in [1.165, 1.54) is 18.2 Å². The predicted molar refractivity (Wildman–Crippen MR) is 116 cm³/mol. The molecule has 1 heterocycles. The molecule has 0 aliphatic heterocycles. The molecule has 0 radical (unpaired) electrons. The molecule has 0 fully saturated rings. The number of benzene rings is 3. The molecule has 1 N–H and O–H groups in total. The Morgan fingerprint density at radius 2 is 1.77 bits per heavy atom. The molecular weight excluding hydrogens is 426 g/mol. The molecule has 5 nitrogen and oxygen atoms in total. The maximum absolute atomic E-state index is 13.4. The molecule has 0 aliphatic rings. The fraction of sp³-hybridized carbons (Fsp3) is 0.0455. The van der Waals surface area contributed by atoms with Crippen LogP contribution in [-0.4, -0.2) is 20.7 Å². The van der Waals surface area contributed by atoms with Crippen LogP contribution in [0.15, 0.2) is 66.7 Å². The zero-order chi connectivity index (χ0) is 21.3. The van der Waals surface area contributed by atoms with Crippen LogP contribution in [0.25, 0.3) is 17.1 Å². The Labute approximate surface area is 182 Å². The molecule has 0 saturated heterocycles. The zero-order valence-electron chi connectivity index (χ0n) is 15.7. The number of halogens is 3. The van der Waals surface area contributed by atoms with E-state index in [-0.39, 0.29) is 5.82 Å². The number of aromatic nitrogens is 3. The zero-order valence-corrected chi connectivity index (χ0v) is 17.2. The van der Waals surface area contributed by atoms with E-state index in [1.807, 2.05) is 19.1 Å². The van der Waals surface area contributed by atoms with Gasteiger partial charge < -0.3 is 5.32 Å². The van der Waals surface area contributed by atoms with Gasteiger partial charge in [-0.2, -0.15) is 0 Å². The SMILES string of the molecule is Cc1ccc(Cl)cc1-n1nc(C(=O)Nc2cccc(F)c2)nc1-c1cccc(Cl)c1. The molecule has 1 aromatic heterocycles. The number of anilines is 1. The summed E-state index contributed by atoms with van der Waals surface area (Å²) in [6, 6.07) is 18.0. The van der Waals surface area contributed by atoms with Crippen LogP contribution in [0.3, 0.4) is 0 Å². The van der Waals surface area contributed by atoms with Gasteiger partial charge in [0, 0.05) is 21.3 Å². The molecule has 0 atom stereocenters. The van der Waals surface area contributed by atoms with Gasteiger partial charge in [-0.15, -0.1) is 5.10 Å². The number of nitrogens with one attached hydrogen (secondary N) is 1. The number of nitrogens with zero attached hydrogens (tertiary/aromatic N) is 3. The number of rotatable bonds is 4. The van der Waals surface area contributed by atoms with Gasteiger partial charge >= 0.3 is 0 Å². The number of amides is 1. The summed E-state index contributed by atoms with van der Waals surface area (Å²) in [6.45, 7) is 1.90. The second-order valence-electron chi connectivity index (χ2n) is 6.58. The van der Waals surface area contributed by atoms with Gasteiger partial charge in [-0.05, 0) is 55.0 Å². The first-order valence-electron chi connectivity index (χ1n) is 8.97. The van der Waals surface area contributed by atoms with Crippen molar-refractivity contribution >= 4 is 34.8 Å². The van der Waals surface area contributed by atoms with Crippen LogP contribution >= 0.6 is 23.2 Å². The highest BCUT2D eigenvalue weighted by atomic mass is 35.5. The standard InChI is InChI=1S/C22H15Cl2FN4O/c1-13-8-9-16(24)11-19(13)29-21(14-4-2-5-15(23)10-14)27-20(28-29)22(30)26-18-7-3-6-17(25)12-18/h2-12H,1H3,(H,26,30). The van der Waals surface area contributed by atoms with Crippen LogP contribution < -0.4 is 5.32 Å². The van der Waals surface area contributed by atoms with E-state index in [0.717, 1.165) is 5.56 Å². The first kappa shape index (κ1) is 20.1. The van der Waals surface area contributed by atoms with Crippen molar-refractivity contribution in [2.24, 2.45) is 0 Å². The van der Waals surface area contributed by atoms with Crippen LogP contribution in [-0.2, 0) is 0 Å². The first-order valence-corrected chi connectivity index (χ1v) is 9.73. The molecule has 4 rings (SSSR count). The van der Waals surface area contributed by atoms with Gasteiger partial charge in [-0.25, -0.2) is 14.1 Å². The minimum atomic E-state index is -0.567. The van der Waals surface area contributed by atoms with Gasteiger partial charge in [0.05, 0.1) is 5.69 Å². The average Bonchev–Trinajstić information content (AvgIpc) is 3.15. The van der Waals surface area contributed by atoms with Crippen molar-refractivity contribution in [2.75, 3.05) is 5.32 Å². The van der Waals surface area contributed by atoms with Crippen LogP contribution in [0.2, 0.25) is 10.0 Å². The van der Waals surface area contributed by atoms with Crippen molar-refractivity contribution in [2.45, 2.75) is 6.92 Å². The number of hydrogen-bond acceptors (Lipinski definition) is 3. The number of hydrogen-bond donors (Lipinski definition) is 1. The molecule has 150 valence electrons. The lowest BCUT2D eigenvalue weighted by atomic mass is 10.2.